The molecule has 7 heteroatoms. The first kappa shape index (κ1) is 22.5. The van der Waals surface area contributed by atoms with E-state index in [0.29, 0.717) is 36.2 Å². The van der Waals surface area contributed by atoms with Gasteiger partial charge in [0.15, 0.2) is 0 Å². The summed E-state index contributed by atoms with van der Waals surface area (Å²) in [4.78, 5) is 14.9. The van der Waals surface area contributed by atoms with Crippen molar-refractivity contribution in [1.29, 1.82) is 0 Å². The third-order valence-corrected chi connectivity index (χ3v) is 5.98. The predicted molar refractivity (Wildman–Crippen MR) is 106 cm³/mol. The Morgan fingerprint density at radius 1 is 1.32 bits per heavy atom. The lowest BCUT2D eigenvalue weighted by atomic mass is 9.54. The number of benzene rings is 1. The first-order chi connectivity index (χ1) is 11.2. The van der Waals surface area contributed by atoms with Crippen molar-refractivity contribution in [3.05, 3.63) is 33.8 Å². The number of hydrogen-bond donors (Lipinski definition) is 1. The zero-order valence-corrected chi connectivity index (χ0v) is 17.5. The van der Waals surface area contributed by atoms with Gasteiger partial charge < -0.3 is 15.4 Å². The van der Waals surface area contributed by atoms with Crippen molar-refractivity contribution in [2.45, 2.75) is 52.3 Å². The minimum atomic E-state index is -0.904. The highest BCUT2D eigenvalue weighted by Crippen LogP contribution is 2.50. The van der Waals surface area contributed by atoms with Gasteiger partial charge in [0, 0.05) is 31.5 Å². The van der Waals surface area contributed by atoms with Crippen LogP contribution in [-0.4, -0.2) is 35.6 Å². The van der Waals surface area contributed by atoms with Gasteiger partial charge in [0.05, 0.1) is 16.1 Å². The third-order valence-electron chi connectivity index (χ3n) is 5.24. The number of amides is 1. The molecular weight excluding hydrogens is 383 g/mol. The van der Waals surface area contributed by atoms with Gasteiger partial charge in [0.25, 0.3) is 0 Å². The van der Waals surface area contributed by atoms with Crippen LogP contribution in [0, 0.1) is 5.41 Å². The van der Waals surface area contributed by atoms with E-state index in [9.17, 15) is 4.79 Å². The molecule has 0 saturated heterocycles. The van der Waals surface area contributed by atoms with Crippen molar-refractivity contribution in [3.63, 3.8) is 0 Å². The molecule has 4 nitrogen and oxygen atoms in total. The Balaban J connectivity index is 0.00000312. The topological polar surface area (TPSA) is 55.6 Å². The highest BCUT2D eigenvalue weighted by Gasteiger charge is 2.63. The molecule has 2 atom stereocenters. The van der Waals surface area contributed by atoms with Gasteiger partial charge in [-0.1, -0.05) is 43.1 Å². The van der Waals surface area contributed by atoms with E-state index in [1.54, 1.807) is 17.0 Å². The second-order valence-electron chi connectivity index (χ2n) is 6.91. The highest BCUT2D eigenvalue weighted by molar-refractivity contribution is 6.42. The molecule has 1 amide bonds. The Bertz CT molecular complexity index is 624. The fraction of sp³-hybridized carbons (Fsp3) is 0.611. The molecule has 2 rings (SSSR count). The maximum Gasteiger partial charge on any atom is 0.243 e. The van der Waals surface area contributed by atoms with E-state index in [1.807, 2.05) is 33.8 Å². The molecule has 1 saturated carbocycles. The number of likely N-dealkylation sites (N-methyl/N-ethyl adjacent to an activating group) is 1. The summed E-state index contributed by atoms with van der Waals surface area (Å²) in [6.45, 7) is 9.57. The summed E-state index contributed by atoms with van der Waals surface area (Å²) in [6, 6.07) is 5.41. The molecule has 0 aromatic heterocycles. The van der Waals surface area contributed by atoms with E-state index in [1.165, 1.54) is 0 Å². The summed E-state index contributed by atoms with van der Waals surface area (Å²) < 4.78 is 5.72. The van der Waals surface area contributed by atoms with E-state index in [2.05, 4.69) is 0 Å². The SMILES string of the molecule is CCOC1CC(N)(C(=O)N(CC)Cc2ccc(Cl)c(Cl)c2)C1(C)C.Cl. The smallest absolute Gasteiger partial charge is 0.243 e. The standard InChI is InChI=1S/C18H26Cl2N2O2.ClH/c1-5-22(11-12-7-8-13(19)14(20)9-12)16(23)18(21)10-15(24-6-2)17(18,3)4;/h7-9,15H,5-6,10-11,21H2,1-4H3;1H. The molecule has 2 N–H and O–H groups in total. The van der Waals surface area contributed by atoms with Crippen LogP contribution in [0.15, 0.2) is 18.2 Å². The van der Waals surface area contributed by atoms with E-state index >= 15 is 0 Å². The zero-order chi connectivity index (χ0) is 18.1. The second kappa shape index (κ2) is 8.45. The molecule has 0 aliphatic heterocycles. The number of carbonyl (C=O) groups excluding carboxylic acids is 1. The second-order valence-corrected chi connectivity index (χ2v) is 7.72. The van der Waals surface area contributed by atoms with E-state index in [4.69, 9.17) is 33.7 Å². The van der Waals surface area contributed by atoms with Crippen LogP contribution in [0.1, 0.15) is 39.7 Å². The Hall–Kier alpha value is -0.520. The van der Waals surface area contributed by atoms with Crippen LogP contribution in [-0.2, 0) is 16.1 Å². The van der Waals surface area contributed by atoms with Gasteiger partial charge in [0.2, 0.25) is 5.91 Å². The zero-order valence-electron chi connectivity index (χ0n) is 15.1. The molecule has 1 aromatic rings. The monoisotopic (exact) mass is 408 g/mol. The number of carbonyl (C=O) groups is 1. The first-order valence-corrected chi connectivity index (χ1v) is 9.06. The average molecular weight is 410 g/mol. The number of hydrogen-bond acceptors (Lipinski definition) is 3. The molecule has 1 aliphatic carbocycles. The lowest BCUT2D eigenvalue weighted by Crippen LogP contribution is -2.76. The molecule has 0 bridgehead atoms. The molecule has 0 spiro atoms. The number of nitrogens with two attached hydrogens (primary N) is 1. The normalized spacial score (nSPS) is 24.2. The average Bonchev–Trinajstić information content (AvgIpc) is 2.54. The van der Waals surface area contributed by atoms with Gasteiger partial charge in [-0.25, -0.2) is 0 Å². The molecule has 142 valence electrons. The number of nitrogens with zero attached hydrogens (tertiary/aromatic N) is 1. The van der Waals surface area contributed by atoms with Gasteiger partial charge >= 0.3 is 0 Å². The van der Waals surface area contributed by atoms with Crippen LogP contribution >= 0.6 is 35.6 Å². The highest BCUT2D eigenvalue weighted by atomic mass is 35.5. The molecule has 1 aromatic carbocycles. The van der Waals surface area contributed by atoms with Crippen molar-refractivity contribution in [2.75, 3.05) is 13.2 Å². The summed E-state index contributed by atoms with van der Waals surface area (Å²) in [5.41, 5.74) is 6.14. The summed E-state index contributed by atoms with van der Waals surface area (Å²) in [5, 5.41) is 0.991. The summed E-state index contributed by atoms with van der Waals surface area (Å²) in [5.74, 6) is -0.0444. The molecule has 25 heavy (non-hydrogen) atoms. The van der Waals surface area contributed by atoms with Crippen molar-refractivity contribution in [2.24, 2.45) is 11.1 Å². The van der Waals surface area contributed by atoms with E-state index < -0.39 is 11.0 Å². The lowest BCUT2D eigenvalue weighted by Gasteiger charge is -2.58. The molecular formula is C18H27Cl3N2O2. The van der Waals surface area contributed by atoms with Crippen molar-refractivity contribution < 1.29 is 9.53 Å². The van der Waals surface area contributed by atoms with Crippen LogP contribution in [0.3, 0.4) is 0 Å². The van der Waals surface area contributed by atoms with Crippen LogP contribution in [0.4, 0.5) is 0 Å². The van der Waals surface area contributed by atoms with Crippen LogP contribution in [0.5, 0.6) is 0 Å². The minimum Gasteiger partial charge on any atom is -0.378 e. The van der Waals surface area contributed by atoms with E-state index in [-0.39, 0.29) is 24.4 Å². The van der Waals surface area contributed by atoms with Crippen molar-refractivity contribution in [1.82, 2.24) is 4.90 Å². The Labute approximate surface area is 166 Å². The van der Waals surface area contributed by atoms with Crippen molar-refractivity contribution in [3.8, 4) is 0 Å². The van der Waals surface area contributed by atoms with Crippen LogP contribution in [0.2, 0.25) is 10.0 Å². The fourth-order valence-corrected chi connectivity index (χ4v) is 3.59. The molecule has 0 radical (unpaired) electrons. The summed E-state index contributed by atoms with van der Waals surface area (Å²) in [6.07, 6.45) is 0.560. The number of rotatable bonds is 6. The maximum atomic E-state index is 13.1. The lowest BCUT2D eigenvalue weighted by molar-refractivity contribution is -0.179. The van der Waals surface area contributed by atoms with Crippen LogP contribution < -0.4 is 5.73 Å². The van der Waals surface area contributed by atoms with Gasteiger partial charge in [0.1, 0.15) is 5.54 Å². The molecule has 1 aliphatic rings. The summed E-state index contributed by atoms with van der Waals surface area (Å²) in [7, 11) is 0. The third kappa shape index (κ3) is 4.09. The van der Waals surface area contributed by atoms with Gasteiger partial charge in [-0.3, -0.25) is 4.79 Å². The number of halogens is 3. The van der Waals surface area contributed by atoms with Gasteiger partial charge in [-0.15, -0.1) is 12.4 Å². The fourth-order valence-electron chi connectivity index (χ4n) is 3.27. The van der Waals surface area contributed by atoms with E-state index in [0.717, 1.165) is 5.56 Å². The van der Waals surface area contributed by atoms with Gasteiger partial charge in [-0.05, 0) is 31.5 Å². The molecule has 0 heterocycles. The molecule has 1 fully saturated rings. The minimum absolute atomic E-state index is 0. The largest absolute Gasteiger partial charge is 0.378 e. The Kier molecular flexibility index (Phi) is 7.61. The first-order valence-electron chi connectivity index (χ1n) is 8.31. The maximum absolute atomic E-state index is 13.1. The quantitative estimate of drug-likeness (QED) is 0.762. The predicted octanol–water partition coefficient (Wildman–Crippen LogP) is 4.30. The summed E-state index contributed by atoms with van der Waals surface area (Å²) >= 11 is 12.0. The van der Waals surface area contributed by atoms with Gasteiger partial charge in [-0.2, -0.15) is 0 Å². The Morgan fingerprint density at radius 2 is 1.96 bits per heavy atom. The Morgan fingerprint density at radius 3 is 2.44 bits per heavy atom. The van der Waals surface area contributed by atoms with Crippen molar-refractivity contribution >= 4 is 41.5 Å². The molecule has 2 unspecified atom stereocenters. The van der Waals surface area contributed by atoms with Crippen LogP contribution in [0.25, 0.3) is 0 Å². The number of ether oxygens (including phenoxy) is 1.